The molecule has 0 aliphatic rings. The van der Waals surface area contributed by atoms with Crippen molar-refractivity contribution in [3.8, 4) is 0 Å². The first-order valence-corrected chi connectivity index (χ1v) is 6.18. The van der Waals surface area contributed by atoms with E-state index < -0.39 is 5.38 Å². The van der Waals surface area contributed by atoms with Gasteiger partial charge >= 0.3 is 0 Å². The molecule has 0 saturated carbocycles. The quantitative estimate of drug-likeness (QED) is 0.593. The molecule has 0 aliphatic carbocycles. The van der Waals surface area contributed by atoms with E-state index in [-0.39, 0.29) is 11.7 Å². The Kier molecular flexibility index (Phi) is 4.40. The van der Waals surface area contributed by atoms with E-state index in [1.165, 1.54) is 0 Å². The van der Waals surface area contributed by atoms with Gasteiger partial charge in [0.1, 0.15) is 5.38 Å². The van der Waals surface area contributed by atoms with Crippen LogP contribution in [0.25, 0.3) is 0 Å². The summed E-state index contributed by atoms with van der Waals surface area (Å²) in [4.78, 5) is 12.1. The van der Waals surface area contributed by atoms with E-state index in [2.05, 4.69) is 6.07 Å². The van der Waals surface area contributed by atoms with Crippen molar-refractivity contribution >= 4 is 29.0 Å². The number of aryl methyl sites for hydroxylation is 2. The monoisotopic (exact) mass is 258 g/mol. The second kappa shape index (κ2) is 5.20. The molecule has 0 saturated heterocycles. The van der Waals surface area contributed by atoms with Crippen molar-refractivity contribution in [1.29, 1.82) is 0 Å². The molecule has 0 aliphatic heterocycles. The molecule has 0 aromatic heterocycles. The number of Topliss-reactive ketones (excluding diaryl/α,β-unsaturated/α-hetero) is 1. The molecular formula is C13H16Cl2O. The zero-order valence-electron chi connectivity index (χ0n) is 10.0. The Bertz CT molecular complexity index is 398. The first-order chi connectivity index (χ1) is 7.40. The zero-order valence-corrected chi connectivity index (χ0v) is 11.5. The van der Waals surface area contributed by atoms with Crippen LogP contribution < -0.4 is 0 Å². The number of alkyl halides is 2. The minimum absolute atomic E-state index is 0.0709. The van der Waals surface area contributed by atoms with E-state index in [0.717, 1.165) is 27.8 Å². The highest BCUT2D eigenvalue weighted by Crippen LogP contribution is 2.24. The Hall–Kier alpha value is -0.530. The van der Waals surface area contributed by atoms with Crippen molar-refractivity contribution in [2.45, 2.75) is 33.1 Å². The Balaban J connectivity index is 3.38. The van der Waals surface area contributed by atoms with E-state index in [1.54, 1.807) is 0 Å². The molecular weight excluding hydrogens is 243 g/mol. The van der Waals surface area contributed by atoms with Gasteiger partial charge in [0.15, 0.2) is 5.78 Å². The summed E-state index contributed by atoms with van der Waals surface area (Å²) < 4.78 is 0. The molecule has 1 unspecified atom stereocenters. The van der Waals surface area contributed by atoms with Gasteiger partial charge in [0.05, 0.1) is 0 Å². The fourth-order valence-corrected chi connectivity index (χ4v) is 2.06. The lowest BCUT2D eigenvalue weighted by molar-refractivity contribution is 0.0991. The number of benzene rings is 1. The third kappa shape index (κ3) is 2.41. The highest BCUT2D eigenvalue weighted by atomic mass is 35.5. The maximum absolute atomic E-state index is 12.1. The SMILES string of the molecule is Cc1cc(C)c(C)c(C(=O)C(Cl)CCl)c1C. The summed E-state index contributed by atoms with van der Waals surface area (Å²) in [5, 5.41) is -0.639. The van der Waals surface area contributed by atoms with E-state index in [1.807, 2.05) is 27.7 Å². The minimum Gasteiger partial charge on any atom is -0.292 e. The van der Waals surface area contributed by atoms with Gasteiger partial charge in [-0.2, -0.15) is 0 Å². The van der Waals surface area contributed by atoms with Crippen LogP contribution in [0.4, 0.5) is 0 Å². The van der Waals surface area contributed by atoms with Crippen LogP contribution in [0.1, 0.15) is 32.6 Å². The van der Waals surface area contributed by atoms with Gasteiger partial charge < -0.3 is 0 Å². The average Bonchev–Trinajstić information content (AvgIpc) is 2.25. The molecule has 1 nitrogen and oxygen atoms in total. The molecule has 3 heteroatoms. The normalized spacial score (nSPS) is 12.6. The van der Waals surface area contributed by atoms with Gasteiger partial charge in [0.2, 0.25) is 0 Å². The van der Waals surface area contributed by atoms with Gasteiger partial charge in [-0.15, -0.1) is 23.2 Å². The third-order valence-electron chi connectivity index (χ3n) is 3.03. The first kappa shape index (κ1) is 13.5. The van der Waals surface area contributed by atoms with Crippen molar-refractivity contribution in [2.75, 3.05) is 5.88 Å². The van der Waals surface area contributed by atoms with Crippen LogP contribution in [0.15, 0.2) is 6.07 Å². The summed E-state index contributed by atoms with van der Waals surface area (Å²) in [6, 6.07) is 2.09. The number of hydrogen-bond acceptors (Lipinski definition) is 1. The Morgan fingerprint density at radius 3 is 2.00 bits per heavy atom. The molecule has 0 amide bonds. The summed E-state index contributed by atoms with van der Waals surface area (Å²) in [6.45, 7) is 7.91. The molecule has 1 rings (SSSR count). The van der Waals surface area contributed by atoms with Gasteiger partial charge in [-0.1, -0.05) is 6.07 Å². The molecule has 1 atom stereocenters. The zero-order chi connectivity index (χ0) is 12.5. The fraction of sp³-hybridized carbons (Fsp3) is 0.462. The molecule has 0 radical (unpaired) electrons. The third-order valence-corrected chi connectivity index (χ3v) is 3.85. The molecule has 88 valence electrons. The van der Waals surface area contributed by atoms with Crippen LogP contribution >= 0.6 is 23.2 Å². The number of hydrogen-bond donors (Lipinski definition) is 0. The number of ketones is 1. The summed E-state index contributed by atoms with van der Waals surface area (Å²) in [5.74, 6) is 0.0742. The van der Waals surface area contributed by atoms with E-state index in [4.69, 9.17) is 23.2 Å². The molecule has 0 fully saturated rings. The van der Waals surface area contributed by atoms with Gasteiger partial charge in [-0.3, -0.25) is 4.79 Å². The molecule has 1 aromatic rings. The number of halogens is 2. The Morgan fingerprint density at radius 2 is 1.62 bits per heavy atom. The number of carbonyl (C=O) groups excluding carboxylic acids is 1. The van der Waals surface area contributed by atoms with Crippen LogP contribution in [0.2, 0.25) is 0 Å². The maximum atomic E-state index is 12.1. The lowest BCUT2D eigenvalue weighted by atomic mass is 9.91. The molecule has 16 heavy (non-hydrogen) atoms. The highest BCUT2D eigenvalue weighted by molar-refractivity contribution is 6.38. The van der Waals surface area contributed by atoms with Crippen molar-refractivity contribution in [1.82, 2.24) is 0 Å². The van der Waals surface area contributed by atoms with Gasteiger partial charge in [0.25, 0.3) is 0 Å². The van der Waals surface area contributed by atoms with Crippen LogP contribution in [0.3, 0.4) is 0 Å². The van der Waals surface area contributed by atoms with Gasteiger partial charge in [-0.25, -0.2) is 0 Å². The Morgan fingerprint density at radius 1 is 1.19 bits per heavy atom. The first-order valence-electron chi connectivity index (χ1n) is 5.21. The van der Waals surface area contributed by atoms with E-state index in [0.29, 0.717) is 0 Å². The standard InChI is InChI=1S/C13H16Cl2O/c1-7-5-8(2)10(4)12(9(7)3)13(16)11(15)6-14/h5,11H,6H2,1-4H3. The summed E-state index contributed by atoms with van der Waals surface area (Å²) in [5.41, 5.74) is 4.97. The molecule has 0 heterocycles. The van der Waals surface area contributed by atoms with E-state index >= 15 is 0 Å². The van der Waals surface area contributed by atoms with Gasteiger partial charge in [-0.05, 0) is 49.9 Å². The molecule has 1 aromatic carbocycles. The number of rotatable bonds is 3. The smallest absolute Gasteiger partial charge is 0.182 e. The Labute approximate surface area is 107 Å². The highest BCUT2D eigenvalue weighted by Gasteiger charge is 2.21. The lowest BCUT2D eigenvalue weighted by Crippen LogP contribution is -2.19. The molecule has 0 N–H and O–H groups in total. The van der Waals surface area contributed by atoms with Crippen LogP contribution in [0, 0.1) is 27.7 Å². The van der Waals surface area contributed by atoms with Crippen molar-refractivity contribution in [3.05, 3.63) is 33.9 Å². The summed E-state index contributed by atoms with van der Waals surface area (Å²) >= 11 is 11.5. The fourth-order valence-electron chi connectivity index (χ4n) is 1.81. The predicted molar refractivity (Wildman–Crippen MR) is 70.1 cm³/mol. The maximum Gasteiger partial charge on any atom is 0.182 e. The second-order valence-electron chi connectivity index (χ2n) is 4.12. The average molecular weight is 259 g/mol. The number of carbonyl (C=O) groups is 1. The molecule has 0 spiro atoms. The van der Waals surface area contributed by atoms with Crippen LogP contribution in [0.5, 0.6) is 0 Å². The van der Waals surface area contributed by atoms with Crippen LogP contribution in [-0.4, -0.2) is 17.0 Å². The van der Waals surface area contributed by atoms with Crippen molar-refractivity contribution in [2.24, 2.45) is 0 Å². The lowest BCUT2D eigenvalue weighted by Gasteiger charge is -2.15. The van der Waals surface area contributed by atoms with E-state index in [9.17, 15) is 4.79 Å². The minimum atomic E-state index is -0.639. The molecule has 0 bridgehead atoms. The van der Waals surface area contributed by atoms with Crippen molar-refractivity contribution < 1.29 is 4.79 Å². The summed E-state index contributed by atoms with van der Waals surface area (Å²) in [7, 11) is 0. The second-order valence-corrected chi connectivity index (χ2v) is 4.96. The largest absolute Gasteiger partial charge is 0.292 e. The van der Waals surface area contributed by atoms with Gasteiger partial charge in [0, 0.05) is 11.4 Å². The predicted octanol–water partition coefficient (Wildman–Crippen LogP) is 3.95. The van der Waals surface area contributed by atoms with Crippen molar-refractivity contribution in [3.63, 3.8) is 0 Å². The van der Waals surface area contributed by atoms with Crippen LogP contribution in [-0.2, 0) is 0 Å². The summed E-state index contributed by atoms with van der Waals surface area (Å²) in [6.07, 6.45) is 0. The topological polar surface area (TPSA) is 17.1 Å².